The lowest BCUT2D eigenvalue weighted by molar-refractivity contribution is -0.00445. The van der Waals surface area contributed by atoms with Crippen molar-refractivity contribution in [2.45, 2.75) is 31.6 Å². The molecule has 0 aliphatic carbocycles. The van der Waals surface area contributed by atoms with Crippen LogP contribution in [0, 0.1) is 3.57 Å². The van der Waals surface area contributed by atoms with Crippen LogP contribution in [0.15, 0.2) is 42.6 Å². The molecule has 2 aromatic rings. The molecule has 1 aromatic heterocycles. The summed E-state index contributed by atoms with van der Waals surface area (Å²) in [6.45, 7) is 1.55. The van der Waals surface area contributed by atoms with Crippen LogP contribution in [-0.2, 0) is 11.3 Å². The van der Waals surface area contributed by atoms with Crippen LogP contribution >= 0.6 is 22.6 Å². The van der Waals surface area contributed by atoms with Gasteiger partial charge in [0.25, 0.3) is 0 Å². The Hall–Kier alpha value is -1.18. The van der Waals surface area contributed by atoms with E-state index in [0.29, 0.717) is 12.5 Å². The summed E-state index contributed by atoms with van der Waals surface area (Å²) in [4.78, 5) is 4.31. The van der Waals surface area contributed by atoms with Gasteiger partial charge >= 0.3 is 0 Å². The number of piperidine rings is 1. The van der Waals surface area contributed by atoms with E-state index in [2.05, 4.69) is 63.2 Å². The predicted molar refractivity (Wildman–Crippen MR) is 98.5 cm³/mol. The van der Waals surface area contributed by atoms with Crippen molar-refractivity contribution in [1.82, 2.24) is 10.3 Å². The topological polar surface area (TPSA) is 43.4 Å². The van der Waals surface area contributed by atoms with E-state index in [1.54, 1.807) is 13.3 Å². The molecule has 23 heavy (non-hydrogen) atoms. The van der Waals surface area contributed by atoms with E-state index in [4.69, 9.17) is 9.47 Å². The summed E-state index contributed by atoms with van der Waals surface area (Å²) in [5.74, 6) is 0.644. The Labute approximate surface area is 150 Å². The third-order valence-electron chi connectivity index (χ3n) is 4.10. The molecule has 1 saturated heterocycles. The Morgan fingerprint density at radius 1 is 1.30 bits per heavy atom. The van der Waals surface area contributed by atoms with Crippen molar-refractivity contribution in [3.05, 3.63) is 57.3 Å². The molecule has 2 atom stereocenters. The SMILES string of the molecule is COc1ncc(I)cc1CO[C@H]1CCCN[C@H]1c1ccccc1. The van der Waals surface area contributed by atoms with E-state index < -0.39 is 0 Å². The zero-order valence-corrected chi connectivity index (χ0v) is 15.3. The largest absolute Gasteiger partial charge is 0.481 e. The molecule has 0 spiro atoms. The van der Waals surface area contributed by atoms with Crippen LogP contribution in [0.2, 0.25) is 0 Å². The minimum Gasteiger partial charge on any atom is -0.481 e. The first-order valence-corrected chi connectivity index (χ1v) is 8.94. The van der Waals surface area contributed by atoms with Crippen LogP contribution < -0.4 is 10.1 Å². The molecule has 0 amide bonds. The van der Waals surface area contributed by atoms with Gasteiger partial charge in [0.2, 0.25) is 5.88 Å². The molecular weight excluding hydrogens is 403 g/mol. The van der Waals surface area contributed by atoms with Crippen LogP contribution in [-0.4, -0.2) is 24.7 Å². The minimum atomic E-state index is 0.161. The summed E-state index contributed by atoms with van der Waals surface area (Å²) in [6.07, 6.45) is 4.16. The fourth-order valence-corrected chi connectivity index (χ4v) is 3.50. The Bertz CT molecular complexity index is 636. The maximum absolute atomic E-state index is 6.25. The molecule has 0 saturated carbocycles. The highest BCUT2D eigenvalue weighted by atomic mass is 127. The predicted octanol–water partition coefficient (Wildman–Crippen LogP) is 3.70. The highest BCUT2D eigenvalue weighted by Crippen LogP contribution is 2.28. The van der Waals surface area contributed by atoms with E-state index in [0.717, 1.165) is 28.5 Å². The molecule has 1 aliphatic heterocycles. The second-order valence-corrected chi connectivity index (χ2v) is 6.90. The smallest absolute Gasteiger partial charge is 0.218 e. The van der Waals surface area contributed by atoms with Crippen molar-refractivity contribution in [1.29, 1.82) is 0 Å². The van der Waals surface area contributed by atoms with Gasteiger partial charge in [-0.3, -0.25) is 0 Å². The van der Waals surface area contributed by atoms with Gasteiger partial charge in [-0.05, 0) is 53.6 Å². The van der Waals surface area contributed by atoms with Crippen LogP contribution in [0.3, 0.4) is 0 Å². The standard InChI is InChI=1S/C18H21IN2O2/c1-22-18-14(10-15(19)11-21-18)12-23-16-8-5-9-20-17(16)13-6-3-2-4-7-13/h2-4,6-7,10-11,16-17,20H,5,8-9,12H2,1H3/t16-,17-/m0/s1. The quantitative estimate of drug-likeness (QED) is 0.744. The van der Waals surface area contributed by atoms with E-state index in [1.807, 2.05) is 6.07 Å². The molecule has 1 fully saturated rings. The van der Waals surface area contributed by atoms with Gasteiger partial charge < -0.3 is 14.8 Å². The number of hydrogen-bond donors (Lipinski definition) is 1. The maximum Gasteiger partial charge on any atom is 0.218 e. The average molecular weight is 424 g/mol. The zero-order valence-electron chi connectivity index (χ0n) is 13.2. The second-order valence-electron chi connectivity index (χ2n) is 5.66. The van der Waals surface area contributed by atoms with E-state index in [9.17, 15) is 0 Å². The van der Waals surface area contributed by atoms with Gasteiger partial charge in [-0.15, -0.1) is 0 Å². The third-order valence-corrected chi connectivity index (χ3v) is 4.69. The molecule has 0 radical (unpaired) electrons. The fourth-order valence-electron chi connectivity index (χ4n) is 2.98. The van der Waals surface area contributed by atoms with Crippen molar-refractivity contribution < 1.29 is 9.47 Å². The number of halogens is 1. The summed E-state index contributed by atoms with van der Waals surface area (Å²) in [6, 6.07) is 12.8. The molecule has 0 bridgehead atoms. The molecule has 2 heterocycles. The fraction of sp³-hybridized carbons (Fsp3) is 0.389. The third kappa shape index (κ3) is 4.22. The first-order chi connectivity index (χ1) is 11.3. The average Bonchev–Trinajstić information content (AvgIpc) is 2.61. The number of rotatable bonds is 5. The van der Waals surface area contributed by atoms with E-state index in [-0.39, 0.29) is 12.1 Å². The van der Waals surface area contributed by atoms with E-state index >= 15 is 0 Å². The zero-order chi connectivity index (χ0) is 16.1. The first-order valence-electron chi connectivity index (χ1n) is 7.86. The Balaban J connectivity index is 1.72. The number of methoxy groups -OCH3 is 1. The van der Waals surface area contributed by atoms with Gasteiger partial charge in [0.05, 0.1) is 25.9 Å². The first kappa shape index (κ1) is 16.7. The molecule has 5 heteroatoms. The summed E-state index contributed by atoms with van der Waals surface area (Å²) in [5.41, 5.74) is 2.28. The van der Waals surface area contributed by atoms with Crippen LogP contribution in [0.1, 0.15) is 30.0 Å². The monoisotopic (exact) mass is 424 g/mol. The van der Waals surface area contributed by atoms with E-state index in [1.165, 1.54) is 5.56 Å². The Morgan fingerprint density at radius 3 is 2.91 bits per heavy atom. The molecule has 3 rings (SSSR count). The van der Waals surface area contributed by atoms with Crippen molar-refractivity contribution in [2.75, 3.05) is 13.7 Å². The molecule has 0 unspecified atom stereocenters. The Morgan fingerprint density at radius 2 is 2.13 bits per heavy atom. The number of benzene rings is 1. The Kier molecular flexibility index (Phi) is 5.85. The van der Waals surface area contributed by atoms with Gasteiger partial charge in [-0.2, -0.15) is 0 Å². The van der Waals surface area contributed by atoms with Crippen LogP contribution in [0.4, 0.5) is 0 Å². The number of aromatic nitrogens is 1. The normalized spacial score (nSPS) is 21.1. The van der Waals surface area contributed by atoms with Crippen LogP contribution in [0.5, 0.6) is 5.88 Å². The number of pyridine rings is 1. The van der Waals surface area contributed by atoms with Crippen molar-refractivity contribution in [3.8, 4) is 5.88 Å². The van der Waals surface area contributed by atoms with Gasteiger partial charge in [0, 0.05) is 15.3 Å². The summed E-state index contributed by atoms with van der Waals surface area (Å²) >= 11 is 2.26. The van der Waals surface area contributed by atoms with Gasteiger partial charge in [-0.25, -0.2) is 4.98 Å². The highest BCUT2D eigenvalue weighted by Gasteiger charge is 2.27. The lowest BCUT2D eigenvalue weighted by Crippen LogP contribution is -2.39. The summed E-state index contributed by atoms with van der Waals surface area (Å²) in [7, 11) is 1.65. The number of hydrogen-bond acceptors (Lipinski definition) is 4. The van der Waals surface area contributed by atoms with Crippen molar-refractivity contribution in [2.24, 2.45) is 0 Å². The van der Waals surface area contributed by atoms with Gasteiger partial charge in [0.1, 0.15) is 0 Å². The molecule has 1 aromatic carbocycles. The molecular formula is C18H21IN2O2. The molecule has 1 aliphatic rings. The molecule has 122 valence electrons. The van der Waals surface area contributed by atoms with Crippen molar-refractivity contribution >= 4 is 22.6 Å². The number of nitrogens with zero attached hydrogens (tertiary/aromatic N) is 1. The number of nitrogens with one attached hydrogen (secondary N) is 1. The minimum absolute atomic E-state index is 0.161. The van der Waals surface area contributed by atoms with Gasteiger partial charge in [-0.1, -0.05) is 30.3 Å². The van der Waals surface area contributed by atoms with Crippen molar-refractivity contribution in [3.63, 3.8) is 0 Å². The number of ether oxygens (including phenoxy) is 2. The van der Waals surface area contributed by atoms with Gasteiger partial charge in [0.15, 0.2) is 0 Å². The highest BCUT2D eigenvalue weighted by molar-refractivity contribution is 14.1. The lowest BCUT2D eigenvalue weighted by atomic mass is 9.94. The molecule has 4 nitrogen and oxygen atoms in total. The van der Waals surface area contributed by atoms with Crippen LogP contribution in [0.25, 0.3) is 0 Å². The maximum atomic E-state index is 6.25. The molecule has 1 N–H and O–H groups in total. The lowest BCUT2D eigenvalue weighted by Gasteiger charge is -2.33. The summed E-state index contributed by atoms with van der Waals surface area (Å²) in [5, 5.41) is 3.59. The summed E-state index contributed by atoms with van der Waals surface area (Å²) < 4.78 is 12.7. The second kappa shape index (κ2) is 8.08.